The second kappa shape index (κ2) is 4.57. The molecule has 3 heteroatoms. The van der Waals surface area contributed by atoms with Crippen LogP contribution < -0.4 is 10.6 Å². The molecule has 0 bridgehead atoms. The van der Waals surface area contributed by atoms with Crippen LogP contribution in [0.4, 0.5) is 17.1 Å². The van der Waals surface area contributed by atoms with Gasteiger partial charge in [0.2, 0.25) is 0 Å². The summed E-state index contributed by atoms with van der Waals surface area (Å²) in [6.45, 7) is 0. The van der Waals surface area contributed by atoms with Gasteiger partial charge in [-0.05, 0) is 24.3 Å². The second-order valence-electron chi connectivity index (χ2n) is 3.44. The summed E-state index contributed by atoms with van der Waals surface area (Å²) >= 11 is 0. The first-order chi connectivity index (χ1) is 7.81. The van der Waals surface area contributed by atoms with Crippen molar-refractivity contribution in [2.24, 2.45) is 0 Å². The van der Waals surface area contributed by atoms with Gasteiger partial charge in [-0.15, -0.1) is 0 Å². The van der Waals surface area contributed by atoms with Gasteiger partial charge >= 0.3 is 0 Å². The zero-order valence-corrected chi connectivity index (χ0v) is 9.07. The van der Waals surface area contributed by atoms with Crippen molar-refractivity contribution in [2.75, 3.05) is 17.7 Å². The van der Waals surface area contributed by atoms with E-state index in [9.17, 15) is 5.11 Å². The van der Waals surface area contributed by atoms with E-state index < -0.39 is 0 Å². The summed E-state index contributed by atoms with van der Waals surface area (Å²) in [7, 11) is 1.87. The highest BCUT2D eigenvalue weighted by molar-refractivity contribution is 5.76. The molecule has 0 saturated carbocycles. The Balaban J connectivity index is 2.30. The van der Waals surface area contributed by atoms with E-state index >= 15 is 0 Å². The summed E-state index contributed by atoms with van der Waals surface area (Å²) in [6, 6.07) is 15.0. The molecule has 0 aromatic heterocycles. The molecule has 0 aliphatic carbocycles. The highest BCUT2D eigenvalue weighted by Crippen LogP contribution is 2.29. The number of rotatable bonds is 3. The first-order valence-corrected chi connectivity index (χ1v) is 5.13. The minimum Gasteiger partial charge on any atom is -0.506 e. The van der Waals surface area contributed by atoms with E-state index in [1.165, 1.54) is 0 Å². The molecule has 3 nitrogen and oxygen atoms in total. The lowest BCUT2D eigenvalue weighted by atomic mass is 10.2. The van der Waals surface area contributed by atoms with Crippen LogP contribution in [0.3, 0.4) is 0 Å². The molecule has 0 heterocycles. The van der Waals surface area contributed by atoms with Crippen LogP contribution in [0.1, 0.15) is 0 Å². The average molecular weight is 214 g/mol. The van der Waals surface area contributed by atoms with Gasteiger partial charge in [0.15, 0.2) is 0 Å². The Hall–Kier alpha value is -2.16. The van der Waals surface area contributed by atoms with Crippen LogP contribution in [-0.4, -0.2) is 12.2 Å². The lowest BCUT2D eigenvalue weighted by Crippen LogP contribution is -1.96. The summed E-state index contributed by atoms with van der Waals surface area (Å²) in [6.07, 6.45) is 0. The van der Waals surface area contributed by atoms with Crippen molar-refractivity contribution in [3.05, 3.63) is 48.5 Å². The molecule has 0 aliphatic rings. The molecular formula is C13H14N2O. The summed E-state index contributed by atoms with van der Waals surface area (Å²) in [5.41, 5.74) is 2.63. The quantitative estimate of drug-likeness (QED) is 0.687. The van der Waals surface area contributed by atoms with E-state index in [1.807, 2.05) is 43.4 Å². The Morgan fingerprint density at radius 3 is 2.00 bits per heavy atom. The largest absolute Gasteiger partial charge is 0.506 e. The molecule has 2 aromatic carbocycles. The number of anilines is 3. The van der Waals surface area contributed by atoms with Crippen LogP contribution in [0.15, 0.2) is 48.5 Å². The van der Waals surface area contributed by atoms with Crippen LogP contribution in [0.5, 0.6) is 5.75 Å². The Morgan fingerprint density at radius 1 is 0.812 bits per heavy atom. The molecule has 0 fully saturated rings. The predicted octanol–water partition coefficient (Wildman–Crippen LogP) is 3.18. The van der Waals surface area contributed by atoms with Crippen LogP contribution in [-0.2, 0) is 0 Å². The maximum Gasteiger partial charge on any atom is 0.139 e. The van der Waals surface area contributed by atoms with Crippen molar-refractivity contribution < 1.29 is 5.11 Å². The minimum absolute atomic E-state index is 0.244. The maximum atomic E-state index is 9.65. The first kappa shape index (κ1) is 10.4. The zero-order valence-electron chi connectivity index (χ0n) is 9.07. The molecule has 0 aliphatic heterocycles. The topological polar surface area (TPSA) is 44.3 Å². The zero-order chi connectivity index (χ0) is 11.4. The fraction of sp³-hybridized carbons (Fsp3) is 0.0769. The number of hydrogen-bond donors (Lipinski definition) is 3. The molecular weight excluding hydrogens is 200 g/mol. The number of nitrogens with one attached hydrogen (secondary N) is 2. The van der Waals surface area contributed by atoms with E-state index in [0.717, 1.165) is 11.4 Å². The highest BCUT2D eigenvalue weighted by Gasteiger charge is 2.02. The second-order valence-corrected chi connectivity index (χ2v) is 3.44. The third-order valence-electron chi connectivity index (χ3n) is 2.37. The van der Waals surface area contributed by atoms with E-state index in [2.05, 4.69) is 10.6 Å². The van der Waals surface area contributed by atoms with Gasteiger partial charge in [0, 0.05) is 7.05 Å². The SMILES string of the molecule is CNc1ccccc1Nc1ccccc1O. The van der Waals surface area contributed by atoms with Gasteiger partial charge in [0.05, 0.1) is 17.1 Å². The highest BCUT2D eigenvalue weighted by atomic mass is 16.3. The van der Waals surface area contributed by atoms with Crippen LogP contribution in [0, 0.1) is 0 Å². The Morgan fingerprint density at radius 2 is 1.38 bits per heavy atom. The van der Waals surface area contributed by atoms with E-state index in [1.54, 1.807) is 12.1 Å². The third-order valence-corrected chi connectivity index (χ3v) is 2.37. The Bertz CT molecular complexity index is 483. The average Bonchev–Trinajstić information content (AvgIpc) is 2.33. The van der Waals surface area contributed by atoms with Gasteiger partial charge in [-0.3, -0.25) is 0 Å². The molecule has 82 valence electrons. The van der Waals surface area contributed by atoms with Crippen molar-refractivity contribution >= 4 is 17.1 Å². The minimum atomic E-state index is 0.244. The van der Waals surface area contributed by atoms with Crippen LogP contribution in [0.2, 0.25) is 0 Å². The third kappa shape index (κ3) is 2.08. The standard InChI is InChI=1S/C13H14N2O/c1-14-10-6-2-3-7-11(10)15-12-8-4-5-9-13(12)16/h2-9,14-16H,1H3. The number of aromatic hydroxyl groups is 1. The van der Waals surface area contributed by atoms with Crippen LogP contribution in [0.25, 0.3) is 0 Å². The van der Waals surface area contributed by atoms with Crippen LogP contribution >= 0.6 is 0 Å². The Labute approximate surface area is 94.7 Å². The summed E-state index contributed by atoms with van der Waals surface area (Å²) in [5.74, 6) is 0.244. The summed E-state index contributed by atoms with van der Waals surface area (Å²) < 4.78 is 0. The number of phenols is 1. The van der Waals surface area contributed by atoms with Gasteiger partial charge in [-0.2, -0.15) is 0 Å². The smallest absolute Gasteiger partial charge is 0.139 e. The lowest BCUT2D eigenvalue weighted by molar-refractivity contribution is 0.478. The molecule has 0 saturated heterocycles. The van der Waals surface area contributed by atoms with Gasteiger partial charge in [-0.1, -0.05) is 24.3 Å². The molecule has 2 aromatic rings. The van der Waals surface area contributed by atoms with Crippen molar-refractivity contribution in [3.8, 4) is 5.75 Å². The molecule has 0 atom stereocenters. The molecule has 0 amide bonds. The van der Waals surface area contributed by atoms with Gasteiger partial charge in [-0.25, -0.2) is 0 Å². The number of hydrogen-bond acceptors (Lipinski definition) is 3. The maximum absolute atomic E-state index is 9.65. The fourth-order valence-corrected chi connectivity index (χ4v) is 1.53. The lowest BCUT2D eigenvalue weighted by Gasteiger charge is -2.12. The molecule has 3 N–H and O–H groups in total. The van der Waals surface area contributed by atoms with Gasteiger partial charge in [0.1, 0.15) is 5.75 Å². The molecule has 0 spiro atoms. The van der Waals surface area contributed by atoms with Gasteiger partial charge < -0.3 is 15.7 Å². The normalized spacial score (nSPS) is 9.81. The summed E-state index contributed by atoms with van der Waals surface area (Å²) in [4.78, 5) is 0. The Kier molecular flexibility index (Phi) is 2.96. The van der Waals surface area contributed by atoms with E-state index in [-0.39, 0.29) is 5.75 Å². The van der Waals surface area contributed by atoms with Crippen molar-refractivity contribution in [2.45, 2.75) is 0 Å². The molecule has 16 heavy (non-hydrogen) atoms. The fourth-order valence-electron chi connectivity index (χ4n) is 1.53. The monoisotopic (exact) mass is 214 g/mol. The van der Waals surface area contributed by atoms with E-state index in [4.69, 9.17) is 0 Å². The molecule has 2 rings (SSSR count). The molecule has 0 unspecified atom stereocenters. The van der Waals surface area contributed by atoms with Crippen molar-refractivity contribution in [3.63, 3.8) is 0 Å². The van der Waals surface area contributed by atoms with Crippen molar-refractivity contribution in [1.82, 2.24) is 0 Å². The number of phenolic OH excluding ortho intramolecular Hbond substituents is 1. The summed E-state index contributed by atoms with van der Waals surface area (Å²) in [5, 5.41) is 15.9. The number of benzene rings is 2. The van der Waals surface area contributed by atoms with Crippen molar-refractivity contribution in [1.29, 1.82) is 0 Å². The van der Waals surface area contributed by atoms with Gasteiger partial charge in [0.25, 0.3) is 0 Å². The van der Waals surface area contributed by atoms with E-state index in [0.29, 0.717) is 5.69 Å². The predicted molar refractivity (Wildman–Crippen MR) is 67.4 cm³/mol. The first-order valence-electron chi connectivity index (χ1n) is 5.13. The number of para-hydroxylation sites is 4. The molecule has 0 radical (unpaired) electrons.